The zero-order valence-electron chi connectivity index (χ0n) is 7.77. The number of carbonyl (C=O) groups is 2. The van der Waals surface area contributed by atoms with Crippen LogP contribution in [0.1, 0.15) is 20.8 Å². The number of halogens is 2. The molecule has 0 aromatic heterocycles. The molecule has 3 nitrogen and oxygen atoms in total. The molecule has 0 aliphatic rings. The largest absolute Gasteiger partial charge is 0.465 e. The van der Waals surface area contributed by atoms with Gasteiger partial charge in [0, 0.05) is 6.92 Å². The SMILES string of the molecule is CCOC(=O)C(C)C(=O)C(C)(F)F. The Morgan fingerprint density at radius 2 is 1.92 bits per heavy atom. The molecule has 0 rings (SSSR count). The lowest BCUT2D eigenvalue weighted by atomic mass is 10.0. The number of alkyl halides is 2. The second-order valence-corrected chi connectivity index (χ2v) is 2.73. The van der Waals surface area contributed by atoms with Crippen molar-refractivity contribution in [3.05, 3.63) is 0 Å². The third-order valence-corrected chi connectivity index (χ3v) is 1.47. The third kappa shape index (κ3) is 3.48. The number of Topliss-reactive ketones (excluding diaryl/α,β-unsaturated/α-hetero) is 1. The molecule has 0 aliphatic heterocycles. The van der Waals surface area contributed by atoms with E-state index in [0.29, 0.717) is 6.92 Å². The lowest BCUT2D eigenvalue weighted by molar-refractivity contribution is -0.158. The zero-order chi connectivity index (χ0) is 10.6. The molecular weight excluding hydrogens is 182 g/mol. The summed E-state index contributed by atoms with van der Waals surface area (Å²) in [7, 11) is 0. The van der Waals surface area contributed by atoms with Gasteiger partial charge in [-0.3, -0.25) is 9.59 Å². The van der Waals surface area contributed by atoms with Crippen LogP contribution in [-0.4, -0.2) is 24.3 Å². The van der Waals surface area contributed by atoms with Gasteiger partial charge in [-0.2, -0.15) is 8.78 Å². The molecule has 1 atom stereocenters. The van der Waals surface area contributed by atoms with E-state index in [0.717, 1.165) is 6.92 Å². The van der Waals surface area contributed by atoms with Gasteiger partial charge in [0.2, 0.25) is 5.78 Å². The van der Waals surface area contributed by atoms with Gasteiger partial charge in [0.15, 0.2) is 0 Å². The van der Waals surface area contributed by atoms with Gasteiger partial charge in [-0.25, -0.2) is 0 Å². The zero-order valence-corrected chi connectivity index (χ0v) is 7.77. The fourth-order valence-electron chi connectivity index (χ4n) is 0.754. The number of esters is 1. The van der Waals surface area contributed by atoms with E-state index in [1.807, 2.05) is 0 Å². The van der Waals surface area contributed by atoms with E-state index < -0.39 is 23.6 Å². The number of carbonyl (C=O) groups excluding carboxylic acids is 2. The number of rotatable bonds is 4. The fraction of sp³-hybridized carbons (Fsp3) is 0.750. The van der Waals surface area contributed by atoms with Crippen LogP contribution in [0.25, 0.3) is 0 Å². The van der Waals surface area contributed by atoms with Crippen LogP contribution in [-0.2, 0) is 14.3 Å². The average molecular weight is 194 g/mol. The molecule has 0 heterocycles. The molecule has 0 fully saturated rings. The van der Waals surface area contributed by atoms with Crippen molar-refractivity contribution in [3.8, 4) is 0 Å². The molecule has 13 heavy (non-hydrogen) atoms. The second-order valence-electron chi connectivity index (χ2n) is 2.73. The molecule has 0 amide bonds. The number of ether oxygens (including phenoxy) is 1. The summed E-state index contributed by atoms with van der Waals surface area (Å²) < 4.78 is 29.2. The van der Waals surface area contributed by atoms with Gasteiger partial charge in [0.05, 0.1) is 6.61 Å². The monoisotopic (exact) mass is 194 g/mol. The molecule has 0 saturated heterocycles. The Bertz CT molecular complexity index is 208. The van der Waals surface area contributed by atoms with E-state index in [9.17, 15) is 18.4 Å². The molecular formula is C8H12F2O3. The Hall–Kier alpha value is -1.00. The average Bonchev–Trinajstić information content (AvgIpc) is 2.00. The van der Waals surface area contributed by atoms with Crippen LogP contribution in [0.2, 0.25) is 0 Å². The van der Waals surface area contributed by atoms with Gasteiger partial charge in [-0.15, -0.1) is 0 Å². The van der Waals surface area contributed by atoms with Crippen molar-refractivity contribution in [2.45, 2.75) is 26.7 Å². The lowest BCUT2D eigenvalue weighted by Crippen LogP contribution is -2.35. The van der Waals surface area contributed by atoms with E-state index in [1.165, 1.54) is 0 Å². The van der Waals surface area contributed by atoms with Gasteiger partial charge >= 0.3 is 11.9 Å². The first-order chi connectivity index (χ1) is 5.80. The Kier molecular flexibility index (Phi) is 3.97. The van der Waals surface area contributed by atoms with Crippen LogP contribution in [0.3, 0.4) is 0 Å². The number of ketones is 1. The van der Waals surface area contributed by atoms with Crippen molar-refractivity contribution in [2.75, 3.05) is 6.61 Å². The summed E-state index contributed by atoms with van der Waals surface area (Å²) >= 11 is 0. The topological polar surface area (TPSA) is 43.4 Å². The molecule has 0 N–H and O–H groups in total. The van der Waals surface area contributed by atoms with Crippen LogP contribution in [0.5, 0.6) is 0 Å². The minimum Gasteiger partial charge on any atom is -0.465 e. The minimum atomic E-state index is -3.48. The molecule has 1 unspecified atom stereocenters. The summed E-state index contributed by atoms with van der Waals surface area (Å²) in [5, 5.41) is 0. The third-order valence-electron chi connectivity index (χ3n) is 1.47. The quantitative estimate of drug-likeness (QED) is 0.502. The molecule has 0 aliphatic carbocycles. The van der Waals surface area contributed by atoms with Crippen molar-refractivity contribution >= 4 is 11.8 Å². The predicted octanol–water partition coefficient (Wildman–Crippen LogP) is 1.41. The number of hydrogen-bond acceptors (Lipinski definition) is 3. The molecule has 5 heteroatoms. The van der Waals surface area contributed by atoms with Crippen LogP contribution < -0.4 is 0 Å². The molecule has 0 spiro atoms. The van der Waals surface area contributed by atoms with E-state index in [-0.39, 0.29) is 6.61 Å². The summed E-state index contributed by atoms with van der Waals surface area (Å²) in [4.78, 5) is 21.7. The molecule has 0 aromatic carbocycles. The van der Waals surface area contributed by atoms with Crippen molar-refractivity contribution in [1.29, 1.82) is 0 Å². The summed E-state index contributed by atoms with van der Waals surface area (Å²) in [5.41, 5.74) is 0. The van der Waals surface area contributed by atoms with Gasteiger partial charge in [0.25, 0.3) is 0 Å². The van der Waals surface area contributed by atoms with Crippen LogP contribution >= 0.6 is 0 Å². The highest BCUT2D eigenvalue weighted by molar-refractivity contribution is 6.01. The second kappa shape index (κ2) is 4.30. The lowest BCUT2D eigenvalue weighted by Gasteiger charge is -2.13. The van der Waals surface area contributed by atoms with Crippen molar-refractivity contribution in [1.82, 2.24) is 0 Å². The first-order valence-electron chi connectivity index (χ1n) is 3.89. The maximum Gasteiger partial charge on any atom is 0.316 e. The van der Waals surface area contributed by atoms with Crippen molar-refractivity contribution < 1.29 is 23.1 Å². The van der Waals surface area contributed by atoms with Gasteiger partial charge < -0.3 is 4.74 Å². The van der Waals surface area contributed by atoms with Crippen LogP contribution in [0.4, 0.5) is 8.78 Å². The molecule has 0 saturated carbocycles. The summed E-state index contributed by atoms with van der Waals surface area (Å²) in [6, 6.07) is 0. The highest BCUT2D eigenvalue weighted by atomic mass is 19.3. The highest BCUT2D eigenvalue weighted by Crippen LogP contribution is 2.19. The standard InChI is InChI=1S/C8H12F2O3/c1-4-13-7(12)5(2)6(11)8(3,9)10/h5H,4H2,1-3H3. The van der Waals surface area contributed by atoms with Crippen LogP contribution in [0, 0.1) is 5.92 Å². The van der Waals surface area contributed by atoms with Crippen molar-refractivity contribution in [3.63, 3.8) is 0 Å². The Morgan fingerprint density at radius 3 is 2.23 bits per heavy atom. The van der Waals surface area contributed by atoms with E-state index >= 15 is 0 Å². The van der Waals surface area contributed by atoms with Gasteiger partial charge in [0.1, 0.15) is 5.92 Å². The first-order valence-corrected chi connectivity index (χ1v) is 3.89. The maximum absolute atomic E-state index is 12.4. The Balaban J connectivity index is 4.35. The molecule has 0 radical (unpaired) electrons. The maximum atomic E-state index is 12.4. The van der Waals surface area contributed by atoms with Gasteiger partial charge in [-0.1, -0.05) is 0 Å². The Labute approximate surface area is 75.1 Å². The minimum absolute atomic E-state index is 0.0751. The highest BCUT2D eigenvalue weighted by Gasteiger charge is 2.39. The molecule has 76 valence electrons. The Morgan fingerprint density at radius 1 is 1.46 bits per heavy atom. The molecule has 0 aromatic rings. The van der Waals surface area contributed by atoms with E-state index in [2.05, 4.69) is 4.74 Å². The van der Waals surface area contributed by atoms with Crippen LogP contribution in [0.15, 0.2) is 0 Å². The smallest absolute Gasteiger partial charge is 0.316 e. The van der Waals surface area contributed by atoms with Crippen molar-refractivity contribution in [2.24, 2.45) is 5.92 Å². The molecule has 0 bridgehead atoms. The van der Waals surface area contributed by atoms with E-state index in [4.69, 9.17) is 0 Å². The normalized spacial score (nSPS) is 13.6. The fourth-order valence-corrected chi connectivity index (χ4v) is 0.754. The van der Waals surface area contributed by atoms with E-state index in [1.54, 1.807) is 6.92 Å². The first kappa shape index (κ1) is 12.0. The summed E-state index contributed by atoms with van der Waals surface area (Å²) in [5.74, 6) is -7.20. The summed E-state index contributed by atoms with van der Waals surface area (Å²) in [6.07, 6.45) is 0. The number of hydrogen-bond donors (Lipinski definition) is 0. The summed E-state index contributed by atoms with van der Waals surface area (Å²) in [6.45, 7) is 3.19. The van der Waals surface area contributed by atoms with Gasteiger partial charge in [-0.05, 0) is 13.8 Å². The predicted molar refractivity (Wildman–Crippen MR) is 41.4 cm³/mol.